The van der Waals surface area contributed by atoms with Crippen LogP contribution >= 0.6 is 11.6 Å². The minimum atomic E-state index is -1.38. The third kappa shape index (κ3) is 3.47. The van der Waals surface area contributed by atoms with E-state index in [4.69, 9.17) is 16.3 Å². The molecule has 0 bridgehead atoms. The minimum absolute atomic E-state index is 0.155. The number of imide groups is 1. The highest BCUT2D eigenvalue weighted by atomic mass is 35.5. The maximum Gasteiger partial charge on any atom is 0.340 e. The van der Waals surface area contributed by atoms with Gasteiger partial charge < -0.3 is 15.0 Å². The molecule has 1 aromatic carbocycles. The van der Waals surface area contributed by atoms with Gasteiger partial charge in [0.2, 0.25) is 0 Å². The van der Waals surface area contributed by atoms with Gasteiger partial charge in [0.1, 0.15) is 5.54 Å². The Bertz CT molecular complexity index is 1060. The van der Waals surface area contributed by atoms with Crippen LogP contribution < -0.4 is 5.32 Å². The number of ether oxygens (including phenoxy) is 1. The normalized spacial score (nSPS) is 18.5. The molecular weight excluding hydrogens is 410 g/mol. The lowest BCUT2D eigenvalue weighted by Gasteiger charge is -2.23. The number of amides is 3. The van der Waals surface area contributed by atoms with E-state index in [1.165, 1.54) is 0 Å². The zero-order valence-corrected chi connectivity index (χ0v) is 17.8. The van der Waals surface area contributed by atoms with E-state index in [9.17, 15) is 19.2 Å². The second kappa shape index (κ2) is 7.95. The van der Waals surface area contributed by atoms with Crippen LogP contribution in [0.1, 0.15) is 51.5 Å². The summed E-state index contributed by atoms with van der Waals surface area (Å²) in [6.07, 6.45) is 0. The Hall–Kier alpha value is -3.13. The lowest BCUT2D eigenvalue weighted by molar-refractivity contribution is -0.130. The number of aromatic nitrogens is 1. The Morgan fingerprint density at radius 2 is 1.87 bits per heavy atom. The number of carbonyl (C=O) groups excluding carboxylic acids is 4. The number of Topliss-reactive ketones (excluding diaryl/α,β-unsaturated/α-hetero) is 1. The number of esters is 1. The van der Waals surface area contributed by atoms with Crippen molar-refractivity contribution < 1.29 is 23.9 Å². The van der Waals surface area contributed by atoms with Gasteiger partial charge in [-0.15, -0.1) is 0 Å². The summed E-state index contributed by atoms with van der Waals surface area (Å²) < 4.78 is 5.03. The van der Waals surface area contributed by atoms with Crippen molar-refractivity contribution in [3.8, 4) is 0 Å². The molecule has 2 heterocycles. The standard InChI is InChI=1S/C21H22ClN3O5/c1-5-30-18(27)16-11(2)17(23-12(16)3)15(26)10-25-19(28)21(4,24-20(25)29)13-8-6-7-9-14(13)22/h6-9,23H,5,10H2,1-4H3,(H,24,29)/t21-/m0/s1. The highest BCUT2D eigenvalue weighted by Gasteiger charge is 2.50. The molecule has 1 fully saturated rings. The van der Waals surface area contributed by atoms with Crippen LogP contribution in [-0.2, 0) is 15.1 Å². The molecule has 3 rings (SSSR count). The van der Waals surface area contributed by atoms with E-state index in [0.29, 0.717) is 21.8 Å². The Labute approximate surface area is 178 Å². The first-order valence-corrected chi connectivity index (χ1v) is 9.78. The largest absolute Gasteiger partial charge is 0.462 e. The second-order valence-electron chi connectivity index (χ2n) is 7.19. The lowest BCUT2D eigenvalue weighted by atomic mass is 9.92. The zero-order chi connectivity index (χ0) is 22.2. The number of nitrogens with one attached hydrogen (secondary N) is 2. The molecule has 1 saturated heterocycles. The quantitative estimate of drug-likeness (QED) is 0.415. The molecule has 1 atom stereocenters. The van der Waals surface area contributed by atoms with Gasteiger partial charge in [0.25, 0.3) is 5.91 Å². The van der Waals surface area contributed by atoms with Crippen molar-refractivity contribution in [3.63, 3.8) is 0 Å². The molecule has 2 aromatic rings. The van der Waals surface area contributed by atoms with Crippen LogP contribution in [0.15, 0.2) is 24.3 Å². The molecule has 0 aliphatic carbocycles. The fourth-order valence-electron chi connectivity index (χ4n) is 3.65. The highest BCUT2D eigenvalue weighted by molar-refractivity contribution is 6.32. The van der Waals surface area contributed by atoms with E-state index in [-0.39, 0.29) is 17.9 Å². The van der Waals surface area contributed by atoms with Gasteiger partial charge in [0.05, 0.1) is 24.4 Å². The number of aromatic amines is 1. The van der Waals surface area contributed by atoms with E-state index in [2.05, 4.69) is 10.3 Å². The number of hydrogen-bond donors (Lipinski definition) is 2. The molecule has 8 nitrogen and oxygen atoms in total. The summed E-state index contributed by atoms with van der Waals surface area (Å²) in [6.45, 7) is 6.22. The summed E-state index contributed by atoms with van der Waals surface area (Å²) in [5.74, 6) is -1.62. The molecule has 2 N–H and O–H groups in total. The van der Waals surface area contributed by atoms with Crippen molar-refractivity contribution in [3.05, 3.63) is 57.4 Å². The lowest BCUT2D eigenvalue weighted by Crippen LogP contribution is -2.41. The number of carbonyl (C=O) groups is 4. The van der Waals surface area contributed by atoms with Gasteiger partial charge in [0, 0.05) is 16.3 Å². The van der Waals surface area contributed by atoms with Gasteiger partial charge in [0.15, 0.2) is 5.78 Å². The van der Waals surface area contributed by atoms with E-state index in [1.54, 1.807) is 52.0 Å². The maximum atomic E-state index is 13.1. The molecule has 0 saturated carbocycles. The van der Waals surface area contributed by atoms with Crippen LogP contribution in [0.4, 0.5) is 4.79 Å². The van der Waals surface area contributed by atoms with E-state index < -0.39 is 35.8 Å². The van der Waals surface area contributed by atoms with Gasteiger partial charge >= 0.3 is 12.0 Å². The SMILES string of the molecule is CCOC(=O)c1c(C)[nH]c(C(=O)CN2C(=O)N[C@@](C)(c3ccccc3Cl)C2=O)c1C. The smallest absolute Gasteiger partial charge is 0.340 e. The summed E-state index contributed by atoms with van der Waals surface area (Å²) in [4.78, 5) is 54.3. The van der Waals surface area contributed by atoms with Crippen molar-refractivity contribution in [1.82, 2.24) is 15.2 Å². The molecule has 0 unspecified atom stereocenters. The van der Waals surface area contributed by atoms with Crippen molar-refractivity contribution in [2.45, 2.75) is 33.2 Å². The van der Waals surface area contributed by atoms with Gasteiger partial charge in [-0.3, -0.25) is 14.5 Å². The minimum Gasteiger partial charge on any atom is -0.462 e. The van der Waals surface area contributed by atoms with E-state index >= 15 is 0 Å². The number of rotatable bonds is 6. The molecular formula is C21H22ClN3O5. The first-order valence-electron chi connectivity index (χ1n) is 9.40. The third-order valence-corrected chi connectivity index (χ3v) is 5.51. The number of H-pyrrole nitrogens is 1. The number of ketones is 1. The average Bonchev–Trinajstić information content (AvgIpc) is 3.10. The van der Waals surface area contributed by atoms with Crippen molar-refractivity contribution in [2.24, 2.45) is 0 Å². The number of hydrogen-bond acceptors (Lipinski definition) is 5. The summed E-state index contributed by atoms with van der Waals surface area (Å²) >= 11 is 6.21. The van der Waals surface area contributed by atoms with Crippen LogP contribution in [0, 0.1) is 13.8 Å². The van der Waals surface area contributed by atoms with E-state index in [1.807, 2.05) is 0 Å². The fraction of sp³-hybridized carbons (Fsp3) is 0.333. The fourth-order valence-corrected chi connectivity index (χ4v) is 3.98. The maximum absolute atomic E-state index is 13.1. The van der Waals surface area contributed by atoms with Crippen LogP contribution in [0.5, 0.6) is 0 Å². The monoisotopic (exact) mass is 431 g/mol. The van der Waals surface area contributed by atoms with Crippen LogP contribution in [0.3, 0.4) is 0 Å². The summed E-state index contributed by atoms with van der Waals surface area (Å²) in [5, 5.41) is 2.96. The summed E-state index contributed by atoms with van der Waals surface area (Å²) in [5.41, 5.74) is 0.383. The number of aryl methyl sites for hydroxylation is 1. The van der Waals surface area contributed by atoms with Gasteiger partial charge in [-0.2, -0.15) is 0 Å². The Morgan fingerprint density at radius 3 is 2.50 bits per heavy atom. The van der Waals surface area contributed by atoms with Crippen LogP contribution in [0.25, 0.3) is 0 Å². The van der Waals surface area contributed by atoms with Crippen molar-refractivity contribution in [1.29, 1.82) is 0 Å². The molecule has 1 aliphatic rings. The summed E-state index contributed by atoms with van der Waals surface area (Å²) in [6, 6.07) is 6.01. The third-order valence-electron chi connectivity index (χ3n) is 5.19. The molecule has 30 heavy (non-hydrogen) atoms. The predicted octanol–water partition coefficient (Wildman–Crippen LogP) is 3.11. The number of halogens is 1. The van der Waals surface area contributed by atoms with Gasteiger partial charge in [-0.1, -0.05) is 29.8 Å². The van der Waals surface area contributed by atoms with Crippen LogP contribution in [0.2, 0.25) is 5.02 Å². The molecule has 0 spiro atoms. The van der Waals surface area contributed by atoms with Gasteiger partial charge in [-0.25, -0.2) is 9.59 Å². The molecule has 0 radical (unpaired) electrons. The first-order chi connectivity index (χ1) is 14.1. The Kier molecular flexibility index (Phi) is 5.72. The van der Waals surface area contributed by atoms with Crippen LogP contribution in [-0.4, -0.2) is 46.7 Å². The predicted molar refractivity (Wildman–Crippen MR) is 110 cm³/mol. The van der Waals surface area contributed by atoms with E-state index in [0.717, 1.165) is 4.90 Å². The van der Waals surface area contributed by atoms with Crippen molar-refractivity contribution in [2.75, 3.05) is 13.2 Å². The first kappa shape index (κ1) is 21.6. The Balaban J connectivity index is 1.87. The number of benzene rings is 1. The summed E-state index contributed by atoms with van der Waals surface area (Å²) in [7, 11) is 0. The number of nitrogens with zero attached hydrogens (tertiary/aromatic N) is 1. The Morgan fingerprint density at radius 1 is 1.20 bits per heavy atom. The molecule has 3 amide bonds. The second-order valence-corrected chi connectivity index (χ2v) is 7.60. The topological polar surface area (TPSA) is 109 Å². The highest BCUT2D eigenvalue weighted by Crippen LogP contribution is 2.33. The average molecular weight is 432 g/mol. The number of urea groups is 1. The molecule has 158 valence electrons. The van der Waals surface area contributed by atoms with Gasteiger partial charge in [-0.05, 0) is 39.3 Å². The molecule has 9 heteroatoms. The van der Waals surface area contributed by atoms with Crippen molar-refractivity contribution >= 4 is 35.3 Å². The molecule has 1 aliphatic heterocycles. The zero-order valence-electron chi connectivity index (χ0n) is 17.1. The molecule has 1 aromatic heterocycles.